The van der Waals surface area contributed by atoms with Crippen LogP contribution in [0.25, 0.3) is 5.57 Å². The Bertz CT molecular complexity index is 588. The number of anilines is 1. The maximum atomic E-state index is 4.15. The number of benzene rings is 1. The monoisotopic (exact) mass is 283 g/mol. The van der Waals surface area contributed by atoms with Crippen molar-refractivity contribution >= 4 is 11.3 Å². The van der Waals surface area contributed by atoms with Gasteiger partial charge in [-0.3, -0.25) is 0 Å². The summed E-state index contributed by atoms with van der Waals surface area (Å²) in [5.41, 5.74) is 8.72. The van der Waals surface area contributed by atoms with Gasteiger partial charge in [0.15, 0.2) is 0 Å². The van der Waals surface area contributed by atoms with Crippen LogP contribution in [0, 0.1) is 13.8 Å². The number of allylic oxidation sites excluding steroid dienone is 4. The molecule has 1 rings (SSSR count). The summed E-state index contributed by atoms with van der Waals surface area (Å²) in [6, 6.07) is 4.93. The molecule has 0 aliphatic rings. The highest BCUT2D eigenvalue weighted by Crippen LogP contribution is 2.32. The number of hydrogen-bond acceptors (Lipinski definition) is 1. The smallest absolute Gasteiger partial charge is 0.0448 e. The summed E-state index contributed by atoms with van der Waals surface area (Å²) >= 11 is 0. The van der Waals surface area contributed by atoms with Crippen LogP contribution in [-0.2, 0) is 0 Å². The molecule has 1 nitrogen and oxygen atoms in total. The van der Waals surface area contributed by atoms with Crippen molar-refractivity contribution in [1.29, 1.82) is 0 Å². The molecule has 0 N–H and O–H groups in total. The van der Waals surface area contributed by atoms with E-state index in [4.69, 9.17) is 0 Å². The minimum Gasteiger partial charge on any atom is -0.343 e. The molecule has 0 amide bonds. The van der Waals surface area contributed by atoms with Gasteiger partial charge < -0.3 is 4.90 Å². The van der Waals surface area contributed by atoms with Gasteiger partial charge in [0.25, 0.3) is 0 Å². The SMILES string of the molecule is C=C/C(C)=C(\C)c1cc(C)c(C)c(N(C(=C)C)C(C)C)c1. The van der Waals surface area contributed by atoms with Crippen molar-refractivity contribution in [2.24, 2.45) is 0 Å². The molecule has 0 aromatic heterocycles. The molecule has 21 heavy (non-hydrogen) atoms. The first-order valence-corrected chi connectivity index (χ1v) is 7.57. The largest absolute Gasteiger partial charge is 0.343 e. The van der Waals surface area contributed by atoms with E-state index in [2.05, 4.69) is 78.7 Å². The Morgan fingerprint density at radius 2 is 1.71 bits per heavy atom. The number of hydrogen-bond donors (Lipinski definition) is 0. The summed E-state index contributed by atoms with van der Waals surface area (Å²) in [4.78, 5) is 2.31. The van der Waals surface area contributed by atoms with Crippen LogP contribution in [0.15, 0.2) is 42.6 Å². The van der Waals surface area contributed by atoms with E-state index in [-0.39, 0.29) is 0 Å². The molecule has 0 radical (unpaired) electrons. The van der Waals surface area contributed by atoms with Gasteiger partial charge in [-0.2, -0.15) is 0 Å². The number of aryl methyl sites for hydroxylation is 1. The lowest BCUT2D eigenvalue weighted by Gasteiger charge is -2.32. The van der Waals surface area contributed by atoms with E-state index < -0.39 is 0 Å². The third-order valence-corrected chi connectivity index (χ3v) is 4.16. The van der Waals surface area contributed by atoms with Gasteiger partial charge in [-0.1, -0.05) is 25.3 Å². The van der Waals surface area contributed by atoms with Gasteiger partial charge in [-0.05, 0) is 82.4 Å². The Kier molecular flexibility index (Phi) is 5.60. The second kappa shape index (κ2) is 6.80. The molecule has 1 aromatic rings. The summed E-state index contributed by atoms with van der Waals surface area (Å²) < 4.78 is 0. The number of rotatable bonds is 5. The van der Waals surface area contributed by atoms with E-state index in [0.29, 0.717) is 6.04 Å². The fraction of sp³-hybridized carbons (Fsp3) is 0.400. The average molecular weight is 283 g/mol. The van der Waals surface area contributed by atoms with Crippen molar-refractivity contribution < 1.29 is 0 Å². The molecule has 0 saturated heterocycles. The highest BCUT2D eigenvalue weighted by molar-refractivity contribution is 5.74. The average Bonchev–Trinajstić information content (AvgIpc) is 2.40. The first-order chi connectivity index (χ1) is 9.70. The van der Waals surface area contributed by atoms with Crippen molar-refractivity contribution in [2.45, 2.75) is 54.5 Å². The van der Waals surface area contributed by atoms with Gasteiger partial charge in [0.05, 0.1) is 0 Å². The van der Waals surface area contributed by atoms with Crippen molar-refractivity contribution in [3.8, 4) is 0 Å². The van der Waals surface area contributed by atoms with Gasteiger partial charge in [0.2, 0.25) is 0 Å². The molecular weight excluding hydrogens is 254 g/mol. The van der Waals surface area contributed by atoms with Gasteiger partial charge in [0.1, 0.15) is 0 Å². The van der Waals surface area contributed by atoms with Crippen LogP contribution in [-0.4, -0.2) is 6.04 Å². The van der Waals surface area contributed by atoms with Crippen LogP contribution in [0.1, 0.15) is 51.3 Å². The lowest BCUT2D eigenvalue weighted by Crippen LogP contribution is -2.29. The lowest BCUT2D eigenvalue weighted by molar-refractivity contribution is 0.752. The third kappa shape index (κ3) is 3.66. The Morgan fingerprint density at radius 1 is 1.14 bits per heavy atom. The van der Waals surface area contributed by atoms with Crippen molar-refractivity contribution in [2.75, 3.05) is 4.90 Å². The zero-order chi connectivity index (χ0) is 16.3. The second-order valence-corrected chi connectivity index (χ2v) is 6.15. The van der Waals surface area contributed by atoms with Crippen LogP contribution in [0.2, 0.25) is 0 Å². The Labute approximate surface area is 130 Å². The molecule has 0 bridgehead atoms. The van der Waals surface area contributed by atoms with Crippen LogP contribution in [0.4, 0.5) is 5.69 Å². The minimum absolute atomic E-state index is 0.389. The van der Waals surface area contributed by atoms with Gasteiger partial charge in [0, 0.05) is 17.4 Å². The first-order valence-electron chi connectivity index (χ1n) is 7.57. The first kappa shape index (κ1) is 17.3. The standard InChI is InChI=1S/C20H29N/c1-10-15(6)17(8)19-11-16(7)18(9)20(12-19)21(13(2)3)14(4)5/h10-12,14H,1-2H2,3-9H3/b17-15+. The second-order valence-electron chi connectivity index (χ2n) is 6.15. The van der Waals surface area contributed by atoms with E-state index in [9.17, 15) is 0 Å². The molecule has 0 atom stereocenters. The fourth-order valence-electron chi connectivity index (χ4n) is 2.61. The predicted octanol–water partition coefficient (Wildman–Crippen LogP) is 6.03. The number of nitrogens with zero attached hydrogens (tertiary/aromatic N) is 1. The summed E-state index contributed by atoms with van der Waals surface area (Å²) in [5, 5.41) is 0. The molecule has 0 aliphatic heterocycles. The topological polar surface area (TPSA) is 3.24 Å². The third-order valence-electron chi connectivity index (χ3n) is 4.16. The quantitative estimate of drug-likeness (QED) is 0.596. The molecule has 0 aliphatic carbocycles. The molecule has 0 unspecified atom stereocenters. The van der Waals surface area contributed by atoms with Crippen LogP contribution in [0.5, 0.6) is 0 Å². The van der Waals surface area contributed by atoms with E-state index >= 15 is 0 Å². The zero-order valence-corrected chi connectivity index (χ0v) is 14.7. The van der Waals surface area contributed by atoms with Crippen LogP contribution < -0.4 is 4.90 Å². The van der Waals surface area contributed by atoms with Gasteiger partial charge in [-0.15, -0.1) is 0 Å². The van der Waals surface area contributed by atoms with Crippen LogP contribution >= 0.6 is 0 Å². The lowest BCUT2D eigenvalue weighted by atomic mass is 9.95. The van der Waals surface area contributed by atoms with Gasteiger partial charge >= 0.3 is 0 Å². The predicted molar refractivity (Wildman–Crippen MR) is 96.8 cm³/mol. The zero-order valence-electron chi connectivity index (χ0n) is 14.7. The van der Waals surface area contributed by atoms with Gasteiger partial charge in [-0.25, -0.2) is 0 Å². The highest BCUT2D eigenvalue weighted by atomic mass is 15.2. The summed E-state index contributed by atoms with van der Waals surface area (Å²) in [6.45, 7) is 23.1. The van der Waals surface area contributed by atoms with Crippen molar-refractivity contribution in [3.05, 3.63) is 59.3 Å². The molecule has 114 valence electrons. The molecule has 0 saturated carbocycles. The maximum absolute atomic E-state index is 4.15. The van der Waals surface area contributed by atoms with Crippen molar-refractivity contribution in [3.63, 3.8) is 0 Å². The molecule has 0 spiro atoms. The Hall–Kier alpha value is -1.76. The molecule has 1 aromatic carbocycles. The fourth-order valence-corrected chi connectivity index (χ4v) is 2.61. The summed E-state index contributed by atoms with van der Waals surface area (Å²) in [7, 11) is 0. The van der Waals surface area contributed by atoms with E-state index in [1.165, 1.54) is 33.5 Å². The Morgan fingerprint density at radius 3 is 2.14 bits per heavy atom. The van der Waals surface area contributed by atoms with Crippen molar-refractivity contribution in [1.82, 2.24) is 0 Å². The van der Waals surface area contributed by atoms with E-state index in [1.807, 2.05) is 6.08 Å². The van der Waals surface area contributed by atoms with Crippen LogP contribution in [0.3, 0.4) is 0 Å². The summed E-state index contributed by atoms with van der Waals surface area (Å²) in [6.07, 6.45) is 1.92. The molecule has 0 heterocycles. The summed E-state index contributed by atoms with van der Waals surface area (Å²) in [5.74, 6) is 0. The maximum Gasteiger partial charge on any atom is 0.0448 e. The normalized spacial score (nSPS) is 12.2. The molecule has 0 fully saturated rings. The van der Waals surface area contributed by atoms with E-state index in [0.717, 1.165) is 5.70 Å². The van der Waals surface area contributed by atoms with E-state index in [1.54, 1.807) is 0 Å². The Balaban J connectivity index is 3.57. The highest BCUT2D eigenvalue weighted by Gasteiger charge is 2.16. The minimum atomic E-state index is 0.389. The molecule has 1 heteroatoms. The molecular formula is C20H29N.